The molecule has 4 nitrogen and oxygen atoms in total. The third-order valence-electron chi connectivity index (χ3n) is 1.65. The molecule has 5 heteroatoms. The molecule has 1 aromatic rings. The summed E-state index contributed by atoms with van der Waals surface area (Å²) in [5.41, 5.74) is 10.7. The van der Waals surface area contributed by atoms with Crippen molar-refractivity contribution in [1.29, 1.82) is 0 Å². The Morgan fingerprint density at radius 2 is 2.15 bits per heavy atom. The Balaban J connectivity index is 3.03. The number of nitrogen functional groups attached to an aromatic ring is 1. The van der Waals surface area contributed by atoms with Gasteiger partial charge in [-0.25, -0.2) is 4.39 Å². The number of carboxylic acid groups (broad SMARTS) is 1. The molecule has 0 aliphatic rings. The van der Waals surface area contributed by atoms with Crippen LogP contribution in [-0.4, -0.2) is 11.1 Å². The summed E-state index contributed by atoms with van der Waals surface area (Å²) >= 11 is 0. The van der Waals surface area contributed by atoms with E-state index in [0.29, 0.717) is 0 Å². The molecule has 0 saturated heterocycles. The SMILES string of the molecule is Nc1cc([C@H](N)C(=O)O)ccc1F. The van der Waals surface area contributed by atoms with Crippen LogP contribution < -0.4 is 11.5 Å². The molecule has 0 fully saturated rings. The topological polar surface area (TPSA) is 89.3 Å². The fourth-order valence-electron chi connectivity index (χ4n) is 0.898. The maximum atomic E-state index is 12.6. The average Bonchev–Trinajstić information content (AvgIpc) is 2.08. The van der Waals surface area contributed by atoms with Crippen LogP contribution >= 0.6 is 0 Å². The Bertz CT molecular complexity index is 341. The molecule has 0 heterocycles. The molecule has 0 bridgehead atoms. The molecule has 0 radical (unpaired) electrons. The summed E-state index contributed by atoms with van der Waals surface area (Å²) in [7, 11) is 0. The van der Waals surface area contributed by atoms with E-state index >= 15 is 0 Å². The van der Waals surface area contributed by atoms with Gasteiger partial charge >= 0.3 is 5.97 Å². The number of benzene rings is 1. The highest BCUT2D eigenvalue weighted by Crippen LogP contribution is 2.16. The van der Waals surface area contributed by atoms with Crippen molar-refractivity contribution in [3.63, 3.8) is 0 Å². The van der Waals surface area contributed by atoms with Gasteiger partial charge in [0.25, 0.3) is 0 Å². The van der Waals surface area contributed by atoms with E-state index in [1.54, 1.807) is 0 Å². The second-order valence-electron chi connectivity index (χ2n) is 2.60. The Hall–Kier alpha value is -1.62. The number of hydrogen-bond donors (Lipinski definition) is 3. The number of halogens is 1. The molecule has 1 rings (SSSR count). The number of carboxylic acids is 1. The molecule has 5 N–H and O–H groups in total. The number of anilines is 1. The lowest BCUT2D eigenvalue weighted by molar-refractivity contribution is -0.138. The molecule has 0 unspecified atom stereocenters. The monoisotopic (exact) mass is 184 g/mol. The highest BCUT2D eigenvalue weighted by atomic mass is 19.1. The van der Waals surface area contributed by atoms with Gasteiger partial charge in [0.05, 0.1) is 5.69 Å². The van der Waals surface area contributed by atoms with Crippen molar-refractivity contribution in [3.05, 3.63) is 29.6 Å². The van der Waals surface area contributed by atoms with Crippen molar-refractivity contribution in [2.24, 2.45) is 5.73 Å². The van der Waals surface area contributed by atoms with Gasteiger partial charge in [-0.3, -0.25) is 4.79 Å². The van der Waals surface area contributed by atoms with E-state index in [1.165, 1.54) is 12.1 Å². The summed E-state index contributed by atoms with van der Waals surface area (Å²) in [5.74, 6) is -1.76. The van der Waals surface area contributed by atoms with Gasteiger partial charge in [-0.15, -0.1) is 0 Å². The minimum absolute atomic E-state index is 0.103. The van der Waals surface area contributed by atoms with Gasteiger partial charge in [0, 0.05) is 0 Å². The summed E-state index contributed by atoms with van der Waals surface area (Å²) in [5, 5.41) is 8.54. The molecule has 13 heavy (non-hydrogen) atoms. The zero-order valence-electron chi connectivity index (χ0n) is 6.70. The molecule has 1 atom stereocenters. The molecule has 0 aliphatic carbocycles. The predicted molar refractivity (Wildman–Crippen MR) is 45.4 cm³/mol. The molecule has 0 aromatic heterocycles. The molecular formula is C8H9FN2O2. The molecule has 1 aromatic carbocycles. The summed E-state index contributed by atoms with van der Waals surface area (Å²) in [6, 6.07) is 2.44. The van der Waals surface area contributed by atoms with Gasteiger partial charge in [-0.2, -0.15) is 0 Å². The van der Waals surface area contributed by atoms with E-state index in [1.807, 2.05) is 0 Å². The third-order valence-corrected chi connectivity index (χ3v) is 1.65. The number of rotatable bonds is 2. The summed E-state index contributed by atoms with van der Waals surface area (Å²) in [6.45, 7) is 0. The van der Waals surface area contributed by atoms with E-state index in [4.69, 9.17) is 16.6 Å². The van der Waals surface area contributed by atoms with Gasteiger partial charge < -0.3 is 16.6 Å². The van der Waals surface area contributed by atoms with Gasteiger partial charge in [0.1, 0.15) is 11.9 Å². The van der Waals surface area contributed by atoms with Crippen LogP contribution in [0.15, 0.2) is 18.2 Å². The van der Waals surface area contributed by atoms with E-state index in [-0.39, 0.29) is 11.3 Å². The van der Waals surface area contributed by atoms with Crippen LogP contribution in [-0.2, 0) is 4.79 Å². The minimum Gasteiger partial charge on any atom is -0.480 e. The van der Waals surface area contributed by atoms with Gasteiger partial charge in [-0.1, -0.05) is 6.07 Å². The first-order valence-electron chi connectivity index (χ1n) is 3.55. The minimum atomic E-state index is -1.17. The Morgan fingerprint density at radius 3 is 2.62 bits per heavy atom. The molecule has 0 spiro atoms. The number of nitrogens with two attached hydrogens (primary N) is 2. The van der Waals surface area contributed by atoms with Crippen molar-refractivity contribution in [1.82, 2.24) is 0 Å². The Kier molecular flexibility index (Phi) is 2.48. The van der Waals surface area contributed by atoms with E-state index < -0.39 is 17.8 Å². The van der Waals surface area contributed by atoms with E-state index in [0.717, 1.165) is 6.07 Å². The van der Waals surface area contributed by atoms with Crippen LogP contribution in [0.5, 0.6) is 0 Å². The zero-order chi connectivity index (χ0) is 10.0. The summed E-state index contributed by atoms with van der Waals surface area (Å²) < 4.78 is 12.6. The molecule has 0 aliphatic heterocycles. The fraction of sp³-hybridized carbons (Fsp3) is 0.125. The van der Waals surface area contributed by atoms with Crippen molar-refractivity contribution in [2.45, 2.75) is 6.04 Å². The van der Waals surface area contributed by atoms with E-state index in [9.17, 15) is 9.18 Å². The second kappa shape index (κ2) is 3.40. The lowest BCUT2D eigenvalue weighted by atomic mass is 10.1. The summed E-state index contributed by atoms with van der Waals surface area (Å²) in [6.07, 6.45) is 0. The fourth-order valence-corrected chi connectivity index (χ4v) is 0.898. The van der Waals surface area contributed by atoms with Gasteiger partial charge in [0.2, 0.25) is 0 Å². The van der Waals surface area contributed by atoms with Crippen LogP contribution in [0.25, 0.3) is 0 Å². The first-order chi connectivity index (χ1) is 6.02. The highest BCUT2D eigenvalue weighted by molar-refractivity contribution is 5.75. The first-order valence-corrected chi connectivity index (χ1v) is 3.55. The van der Waals surface area contributed by atoms with Crippen molar-refractivity contribution in [2.75, 3.05) is 5.73 Å². The van der Waals surface area contributed by atoms with Crippen LogP contribution in [0, 0.1) is 5.82 Å². The summed E-state index contributed by atoms with van der Waals surface area (Å²) in [4.78, 5) is 10.4. The third kappa shape index (κ3) is 1.94. The molecule has 0 saturated carbocycles. The van der Waals surface area contributed by atoms with Crippen LogP contribution in [0.1, 0.15) is 11.6 Å². The normalized spacial score (nSPS) is 12.5. The lowest BCUT2D eigenvalue weighted by Gasteiger charge is -2.07. The highest BCUT2D eigenvalue weighted by Gasteiger charge is 2.14. The van der Waals surface area contributed by atoms with Gasteiger partial charge in [0.15, 0.2) is 0 Å². The number of hydrogen-bond acceptors (Lipinski definition) is 3. The van der Waals surface area contributed by atoms with Crippen molar-refractivity contribution < 1.29 is 14.3 Å². The van der Waals surface area contributed by atoms with Crippen molar-refractivity contribution in [3.8, 4) is 0 Å². The number of aliphatic carboxylic acids is 1. The van der Waals surface area contributed by atoms with E-state index in [2.05, 4.69) is 0 Å². The van der Waals surface area contributed by atoms with Gasteiger partial charge in [-0.05, 0) is 17.7 Å². The van der Waals surface area contributed by atoms with Crippen LogP contribution in [0.3, 0.4) is 0 Å². The number of carbonyl (C=O) groups is 1. The second-order valence-corrected chi connectivity index (χ2v) is 2.60. The van der Waals surface area contributed by atoms with Crippen molar-refractivity contribution >= 4 is 11.7 Å². The standard InChI is InChI=1S/C8H9FN2O2/c9-5-2-1-4(3-6(5)10)7(11)8(12)13/h1-3,7H,10-11H2,(H,12,13)/t7-/m0/s1. The molecule has 70 valence electrons. The first kappa shape index (κ1) is 9.47. The Labute approximate surface area is 74.0 Å². The quantitative estimate of drug-likeness (QED) is 0.583. The van der Waals surface area contributed by atoms with Crippen LogP contribution in [0.2, 0.25) is 0 Å². The smallest absolute Gasteiger partial charge is 0.325 e. The molecular weight excluding hydrogens is 175 g/mol. The maximum Gasteiger partial charge on any atom is 0.325 e. The molecule has 0 amide bonds. The largest absolute Gasteiger partial charge is 0.480 e. The van der Waals surface area contributed by atoms with Crippen LogP contribution in [0.4, 0.5) is 10.1 Å². The Morgan fingerprint density at radius 1 is 1.54 bits per heavy atom. The maximum absolute atomic E-state index is 12.6. The lowest BCUT2D eigenvalue weighted by Crippen LogP contribution is -2.20. The average molecular weight is 184 g/mol. The zero-order valence-corrected chi connectivity index (χ0v) is 6.70. The predicted octanol–water partition coefficient (Wildman–Crippen LogP) is 0.492.